The Bertz CT molecular complexity index is 314. The van der Waals surface area contributed by atoms with Crippen molar-refractivity contribution in [3.63, 3.8) is 0 Å². The van der Waals surface area contributed by atoms with Crippen LogP contribution >= 0.6 is 11.6 Å². The van der Waals surface area contributed by atoms with Gasteiger partial charge in [0.15, 0.2) is 0 Å². The molecule has 6 heteroatoms. The molecule has 0 saturated carbocycles. The molecule has 0 aliphatic carbocycles. The average molecular weight is 232 g/mol. The van der Waals surface area contributed by atoms with Crippen LogP contribution in [0, 0.1) is 0 Å². The highest BCUT2D eigenvalue weighted by molar-refractivity contribution is 6.17. The molecule has 5 nitrogen and oxygen atoms in total. The van der Waals surface area contributed by atoms with Crippen LogP contribution in [0.3, 0.4) is 0 Å². The number of hydrogen-bond acceptors (Lipinski definition) is 3. The van der Waals surface area contributed by atoms with Gasteiger partial charge in [-0.3, -0.25) is 9.48 Å². The topological polar surface area (TPSA) is 56.2 Å². The Morgan fingerprint density at radius 2 is 2.47 bits per heavy atom. The van der Waals surface area contributed by atoms with E-state index in [0.29, 0.717) is 31.2 Å². The van der Waals surface area contributed by atoms with Gasteiger partial charge in [-0.25, -0.2) is 0 Å². The summed E-state index contributed by atoms with van der Waals surface area (Å²) in [6.45, 7) is 1.45. The second-order valence-corrected chi connectivity index (χ2v) is 3.34. The van der Waals surface area contributed by atoms with Gasteiger partial charge in [-0.2, -0.15) is 5.10 Å². The zero-order valence-corrected chi connectivity index (χ0v) is 9.33. The number of aryl methyl sites for hydroxylation is 1. The lowest BCUT2D eigenvalue weighted by atomic mass is 10.3. The molecule has 0 aliphatic rings. The second kappa shape index (κ2) is 6.42. The minimum Gasteiger partial charge on any atom is -0.378 e. The standard InChI is InChI=1S/C9H14ClN3O2/c1-13-7-8(6-12-13)9(14)11-3-5-15-4-2-10/h6-7H,2-5H2,1H3,(H,11,14). The number of halogens is 1. The van der Waals surface area contributed by atoms with E-state index < -0.39 is 0 Å². The quantitative estimate of drug-likeness (QED) is 0.570. The van der Waals surface area contributed by atoms with Gasteiger partial charge >= 0.3 is 0 Å². The molecule has 84 valence electrons. The van der Waals surface area contributed by atoms with Crippen LogP contribution in [-0.2, 0) is 11.8 Å². The molecule has 1 rings (SSSR count). The van der Waals surface area contributed by atoms with Crippen LogP contribution in [0.4, 0.5) is 0 Å². The summed E-state index contributed by atoms with van der Waals surface area (Å²) >= 11 is 5.42. The highest BCUT2D eigenvalue weighted by Crippen LogP contribution is 1.94. The van der Waals surface area contributed by atoms with Crippen molar-refractivity contribution >= 4 is 17.5 Å². The predicted molar refractivity (Wildman–Crippen MR) is 57.1 cm³/mol. The molecule has 0 aromatic carbocycles. The number of carbonyl (C=O) groups is 1. The summed E-state index contributed by atoms with van der Waals surface area (Å²) in [7, 11) is 1.76. The smallest absolute Gasteiger partial charge is 0.254 e. The lowest BCUT2D eigenvalue weighted by Gasteiger charge is -2.03. The molecule has 1 amide bonds. The van der Waals surface area contributed by atoms with Gasteiger partial charge in [0.25, 0.3) is 5.91 Å². The van der Waals surface area contributed by atoms with Crippen molar-refractivity contribution in [2.24, 2.45) is 7.05 Å². The van der Waals surface area contributed by atoms with Gasteiger partial charge in [0.05, 0.1) is 25.0 Å². The number of rotatable bonds is 6. The summed E-state index contributed by atoms with van der Waals surface area (Å²) < 4.78 is 6.69. The zero-order chi connectivity index (χ0) is 11.1. The van der Waals surface area contributed by atoms with Gasteiger partial charge in [-0.1, -0.05) is 0 Å². The SMILES string of the molecule is Cn1cc(C(=O)NCCOCCCl)cn1. The Labute approximate surface area is 93.4 Å². The Hall–Kier alpha value is -1.07. The van der Waals surface area contributed by atoms with Crippen LogP contribution in [0.1, 0.15) is 10.4 Å². The first-order valence-electron chi connectivity index (χ1n) is 4.64. The van der Waals surface area contributed by atoms with E-state index in [0.717, 1.165) is 0 Å². The van der Waals surface area contributed by atoms with Gasteiger partial charge in [-0.15, -0.1) is 11.6 Å². The molecule has 0 spiro atoms. The lowest BCUT2D eigenvalue weighted by molar-refractivity contribution is 0.0923. The minimum absolute atomic E-state index is 0.141. The molecule has 1 aromatic rings. The minimum atomic E-state index is -0.141. The largest absolute Gasteiger partial charge is 0.378 e. The second-order valence-electron chi connectivity index (χ2n) is 2.96. The maximum absolute atomic E-state index is 11.4. The van der Waals surface area contributed by atoms with Crippen molar-refractivity contribution < 1.29 is 9.53 Å². The summed E-state index contributed by atoms with van der Waals surface area (Å²) in [5, 5.41) is 6.61. The van der Waals surface area contributed by atoms with Gasteiger partial charge in [-0.05, 0) is 0 Å². The maximum Gasteiger partial charge on any atom is 0.254 e. The molecule has 0 aliphatic heterocycles. The number of amides is 1. The zero-order valence-electron chi connectivity index (χ0n) is 8.57. The van der Waals surface area contributed by atoms with Crippen LogP contribution in [0.5, 0.6) is 0 Å². The predicted octanol–water partition coefficient (Wildman–Crippen LogP) is 0.405. The lowest BCUT2D eigenvalue weighted by Crippen LogP contribution is -2.27. The maximum atomic E-state index is 11.4. The molecule has 0 radical (unpaired) electrons. The van der Waals surface area contributed by atoms with Gasteiger partial charge in [0.1, 0.15) is 0 Å². The van der Waals surface area contributed by atoms with E-state index in [4.69, 9.17) is 16.3 Å². The van der Waals surface area contributed by atoms with Gasteiger partial charge in [0.2, 0.25) is 0 Å². The van der Waals surface area contributed by atoms with Crippen LogP contribution in [0.15, 0.2) is 12.4 Å². The van der Waals surface area contributed by atoms with E-state index in [-0.39, 0.29) is 5.91 Å². The summed E-state index contributed by atoms with van der Waals surface area (Å²) in [4.78, 5) is 11.4. The molecule has 1 aromatic heterocycles. The van der Waals surface area contributed by atoms with Crippen molar-refractivity contribution in [2.45, 2.75) is 0 Å². The van der Waals surface area contributed by atoms with E-state index in [2.05, 4.69) is 10.4 Å². The summed E-state index contributed by atoms with van der Waals surface area (Å²) in [6.07, 6.45) is 3.18. The van der Waals surface area contributed by atoms with Gasteiger partial charge < -0.3 is 10.1 Å². The van der Waals surface area contributed by atoms with Crippen LogP contribution in [0.25, 0.3) is 0 Å². The van der Waals surface area contributed by atoms with E-state index in [1.807, 2.05) is 0 Å². The number of ether oxygens (including phenoxy) is 1. The molecule has 0 saturated heterocycles. The van der Waals surface area contributed by atoms with Crippen molar-refractivity contribution in [2.75, 3.05) is 25.6 Å². The third-order valence-electron chi connectivity index (χ3n) is 1.72. The fraction of sp³-hybridized carbons (Fsp3) is 0.556. The van der Waals surface area contributed by atoms with Crippen molar-refractivity contribution in [3.8, 4) is 0 Å². The number of aromatic nitrogens is 2. The van der Waals surface area contributed by atoms with Crippen molar-refractivity contribution in [1.29, 1.82) is 0 Å². The van der Waals surface area contributed by atoms with E-state index in [1.54, 1.807) is 17.9 Å². The van der Waals surface area contributed by atoms with Crippen LogP contribution in [-0.4, -0.2) is 41.3 Å². The third kappa shape index (κ3) is 4.31. The third-order valence-corrected chi connectivity index (χ3v) is 1.87. The first-order valence-corrected chi connectivity index (χ1v) is 5.18. The summed E-state index contributed by atoms with van der Waals surface area (Å²) in [5.74, 6) is 0.328. The van der Waals surface area contributed by atoms with Gasteiger partial charge in [0, 0.05) is 25.7 Å². The van der Waals surface area contributed by atoms with E-state index >= 15 is 0 Å². The first-order chi connectivity index (χ1) is 7.24. The van der Waals surface area contributed by atoms with Crippen molar-refractivity contribution in [3.05, 3.63) is 18.0 Å². The number of carbonyl (C=O) groups excluding carboxylic acids is 1. The first kappa shape index (κ1) is 12.0. The number of alkyl halides is 1. The van der Waals surface area contributed by atoms with E-state index in [1.165, 1.54) is 6.20 Å². The highest BCUT2D eigenvalue weighted by atomic mass is 35.5. The fourth-order valence-electron chi connectivity index (χ4n) is 1.03. The molecule has 0 atom stereocenters. The van der Waals surface area contributed by atoms with Crippen LogP contribution < -0.4 is 5.32 Å². The van der Waals surface area contributed by atoms with Crippen molar-refractivity contribution in [1.82, 2.24) is 15.1 Å². The molecule has 0 fully saturated rings. The van der Waals surface area contributed by atoms with E-state index in [9.17, 15) is 4.79 Å². The molecule has 15 heavy (non-hydrogen) atoms. The molecule has 1 N–H and O–H groups in total. The Morgan fingerprint density at radius 1 is 1.67 bits per heavy atom. The number of nitrogens with one attached hydrogen (secondary N) is 1. The number of nitrogens with zero attached hydrogens (tertiary/aromatic N) is 2. The molecular formula is C9H14ClN3O2. The normalized spacial score (nSPS) is 10.3. The highest BCUT2D eigenvalue weighted by Gasteiger charge is 2.05. The summed E-state index contributed by atoms with van der Waals surface area (Å²) in [6, 6.07) is 0. The summed E-state index contributed by atoms with van der Waals surface area (Å²) in [5.41, 5.74) is 0.551. The monoisotopic (exact) mass is 231 g/mol. The Kier molecular flexibility index (Phi) is 5.14. The molecular weight excluding hydrogens is 218 g/mol. The number of hydrogen-bond donors (Lipinski definition) is 1. The average Bonchev–Trinajstić information content (AvgIpc) is 2.64. The molecule has 1 heterocycles. The van der Waals surface area contributed by atoms with Crippen LogP contribution in [0.2, 0.25) is 0 Å². The fourth-order valence-corrected chi connectivity index (χ4v) is 1.14. The Balaban J connectivity index is 2.19. The molecule has 0 bridgehead atoms. The molecule has 0 unspecified atom stereocenters. The Morgan fingerprint density at radius 3 is 3.07 bits per heavy atom.